The molecule has 1 aliphatic rings. The van der Waals surface area contributed by atoms with E-state index in [4.69, 9.17) is 0 Å². The van der Waals surface area contributed by atoms with Gasteiger partial charge >= 0.3 is 0 Å². The molecule has 1 N–H and O–H groups in total. The van der Waals surface area contributed by atoms with E-state index in [0.717, 1.165) is 18.2 Å². The third kappa shape index (κ3) is 2.93. The molecule has 2 amide bonds. The van der Waals surface area contributed by atoms with Crippen molar-refractivity contribution in [1.82, 2.24) is 5.32 Å². The first-order chi connectivity index (χ1) is 5.24. The van der Waals surface area contributed by atoms with Crippen LogP contribution in [0.15, 0.2) is 0 Å². The molecule has 1 heterocycles. The predicted molar refractivity (Wildman–Crippen MR) is 46.6 cm³/mol. The summed E-state index contributed by atoms with van der Waals surface area (Å²) in [5, 5.41) is 1.85. The monoisotopic (exact) mass is 175 g/mol. The van der Waals surface area contributed by atoms with Crippen LogP contribution in [0.4, 0.5) is 4.79 Å². The van der Waals surface area contributed by atoms with Gasteiger partial charge in [0.2, 0.25) is 5.91 Å². The van der Waals surface area contributed by atoms with Gasteiger partial charge in [0.1, 0.15) is 0 Å². The van der Waals surface area contributed by atoms with E-state index in [9.17, 15) is 9.59 Å². The molecule has 1 fully saturated rings. The third-order valence-electron chi connectivity index (χ3n) is 1.14. The summed E-state index contributed by atoms with van der Waals surface area (Å²) in [4.78, 5) is 21.1. The van der Waals surface area contributed by atoms with Gasteiger partial charge in [-0.05, 0) is 6.42 Å². The van der Waals surface area contributed by atoms with Gasteiger partial charge in [-0.15, -0.1) is 0 Å². The zero-order valence-electron chi connectivity index (χ0n) is 7.01. The molecule has 4 heteroatoms. The lowest BCUT2D eigenvalue weighted by atomic mass is 10.3. The first-order valence-corrected chi connectivity index (χ1v) is 4.63. The Morgan fingerprint density at radius 1 is 1.45 bits per heavy atom. The van der Waals surface area contributed by atoms with E-state index in [0.29, 0.717) is 0 Å². The lowest BCUT2D eigenvalue weighted by Crippen LogP contribution is -2.23. The summed E-state index contributed by atoms with van der Waals surface area (Å²) in [5.41, 5.74) is 0. The van der Waals surface area contributed by atoms with Gasteiger partial charge in [-0.25, -0.2) is 0 Å². The number of imide groups is 1. The molecule has 0 aromatic rings. The molecule has 0 aromatic heterocycles. The highest BCUT2D eigenvalue weighted by molar-refractivity contribution is 8.15. The third-order valence-corrected chi connectivity index (χ3v) is 2.29. The van der Waals surface area contributed by atoms with Crippen molar-refractivity contribution in [1.29, 1.82) is 0 Å². The molecular weight excluding hydrogens is 162 g/mol. The molecule has 0 aliphatic carbocycles. The van der Waals surface area contributed by atoms with Crippen molar-refractivity contribution in [3.63, 3.8) is 0 Å². The van der Waals surface area contributed by atoms with E-state index >= 15 is 0 Å². The van der Waals surface area contributed by atoms with Gasteiger partial charge in [0.05, 0.1) is 5.25 Å². The fraction of sp³-hybridized carbons (Fsp3) is 0.714. The Morgan fingerprint density at radius 3 is 2.18 bits per heavy atom. The van der Waals surface area contributed by atoms with Crippen LogP contribution in [0.25, 0.3) is 0 Å². The number of carbonyl (C=O) groups excluding carboxylic acids is 2. The number of amides is 2. The highest BCUT2D eigenvalue weighted by atomic mass is 32.2. The van der Waals surface area contributed by atoms with Gasteiger partial charge in [-0.2, -0.15) is 0 Å². The SMILES string of the molecule is CC.CCC1SC(=O)NC1=O. The predicted octanol–water partition coefficient (Wildman–Crippen LogP) is 1.77. The largest absolute Gasteiger partial charge is 0.286 e. The molecule has 0 saturated carbocycles. The summed E-state index contributed by atoms with van der Waals surface area (Å²) in [5.74, 6) is -0.146. The van der Waals surface area contributed by atoms with Gasteiger partial charge in [-0.1, -0.05) is 32.5 Å². The first kappa shape index (κ1) is 10.5. The highest BCUT2D eigenvalue weighted by Gasteiger charge is 2.29. The number of rotatable bonds is 1. The average Bonchev–Trinajstić information content (AvgIpc) is 2.33. The minimum absolute atomic E-state index is 0.141. The summed E-state index contributed by atoms with van der Waals surface area (Å²) >= 11 is 1.07. The van der Waals surface area contributed by atoms with Crippen LogP contribution >= 0.6 is 11.8 Å². The minimum Gasteiger partial charge on any atom is -0.286 e. The average molecular weight is 175 g/mol. The Morgan fingerprint density at radius 2 is 2.00 bits per heavy atom. The second-order valence-corrected chi connectivity index (χ2v) is 2.97. The fourth-order valence-electron chi connectivity index (χ4n) is 0.662. The standard InChI is InChI=1S/C5H7NO2S.C2H6/c1-2-3-4(7)6-5(8)9-3;1-2/h3H,2H2,1H3,(H,6,7,8);1-2H3. The van der Waals surface area contributed by atoms with Crippen molar-refractivity contribution < 1.29 is 9.59 Å². The Kier molecular flexibility index (Phi) is 4.94. The van der Waals surface area contributed by atoms with Crippen LogP contribution < -0.4 is 5.32 Å². The van der Waals surface area contributed by atoms with Gasteiger partial charge in [0, 0.05) is 0 Å². The van der Waals surface area contributed by atoms with E-state index < -0.39 is 0 Å². The summed E-state index contributed by atoms with van der Waals surface area (Å²) in [6.45, 7) is 5.88. The molecule has 1 saturated heterocycles. The lowest BCUT2D eigenvalue weighted by molar-refractivity contribution is -0.119. The van der Waals surface area contributed by atoms with Crippen LogP contribution in [0.1, 0.15) is 27.2 Å². The van der Waals surface area contributed by atoms with Crippen LogP contribution in [-0.4, -0.2) is 16.4 Å². The normalized spacial score (nSPS) is 22.3. The number of thioether (sulfide) groups is 1. The summed E-state index contributed by atoms with van der Waals surface area (Å²) in [7, 11) is 0. The molecule has 0 aromatic carbocycles. The summed E-state index contributed by atoms with van der Waals surface area (Å²) in [6, 6.07) is 0. The molecule has 0 bridgehead atoms. The van der Waals surface area contributed by atoms with Gasteiger partial charge in [0.25, 0.3) is 5.24 Å². The number of carbonyl (C=O) groups is 2. The van der Waals surface area contributed by atoms with E-state index in [1.54, 1.807) is 0 Å². The zero-order chi connectivity index (χ0) is 8.85. The molecule has 0 spiro atoms. The Hall–Kier alpha value is -0.510. The molecule has 1 atom stereocenters. The molecule has 3 nitrogen and oxygen atoms in total. The van der Waals surface area contributed by atoms with Gasteiger partial charge in [0.15, 0.2) is 0 Å². The maximum absolute atomic E-state index is 10.7. The topological polar surface area (TPSA) is 46.2 Å². The lowest BCUT2D eigenvalue weighted by Gasteiger charge is -1.94. The van der Waals surface area contributed by atoms with Crippen LogP contribution in [0.2, 0.25) is 0 Å². The maximum atomic E-state index is 10.7. The van der Waals surface area contributed by atoms with Crippen LogP contribution in [0.5, 0.6) is 0 Å². The van der Waals surface area contributed by atoms with E-state index in [2.05, 4.69) is 5.32 Å². The van der Waals surface area contributed by atoms with Crippen molar-refractivity contribution in [3.8, 4) is 0 Å². The van der Waals surface area contributed by atoms with E-state index in [1.165, 1.54) is 0 Å². The quantitative estimate of drug-likeness (QED) is 0.660. The molecule has 1 aliphatic heterocycles. The van der Waals surface area contributed by atoms with E-state index in [1.807, 2.05) is 20.8 Å². The number of hydrogen-bond donors (Lipinski definition) is 1. The molecule has 1 rings (SSSR count). The van der Waals surface area contributed by atoms with Crippen molar-refractivity contribution in [2.45, 2.75) is 32.4 Å². The molecular formula is C7H13NO2S. The molecule has 1 unspecified atom stereocenters. The smallest absolute Gasteiger partial charge is 0.286 e. The Bertz CT molecular complexity index is 159. The molecule has 0 radical (unpaired) electrons. The Balaban J connectivity index is 0.000000461. The van der Waals surface area contributed by atoms with E-state index in [-0.39, 0.29) is 16.4 Å². The highest BCUT2D eigenvalue weighted by Crippen LogP contribution is 2.20. The zero-order valence-corrected chi connectivity index (χ0v) is 7.83. The van der Waals surface area contributed by atoms with Gasteiger partial charge < -0.3 is 0 Å². The van der Waals surface area contributed by atoms with Crippen molar-refractivity contribution in [2.75, 3.05) is 0 Å². The number of hydrogen-bond acceptors (Lipinski definition) is 3. The van der Waals surface area contributed by atoms with Crippen LogP contribution in [-0.2, 0) is 4.79 Å². The number of nitrogens with one attached hydrogen (secondary N) is 1. The van der Waals surface area contributed by atoms with Crippen LogP contribution in [0.3, 0.4) is 0 Å². The first-order valence-electron chi connectivity index (χ1n) is 3.75. The Labute approximate surface area is 70.9 Å². The van der Waals surface area contributed by atoms with Gasteiger partial charge in [-0.3, -0.25) is 14.9 Å². The second-order valence-electron chi connectivity index (χ2n) is 1.79. The van der Waals surface area contributed by atoms with Crippen LogP contribution in [0, 0.1) is 0 Å². The fourth-order valence-corrected chi connectivity index (χ4v) is 1.41. The van der Waals surface area contributed by atoms with Crippen molar-refractivity contribution in [2.24, 2.45) is 0 Å². The summed E-state index contributed by atoms with van der Waals surface area (Å²) in [6.07, 6.45) is 0.724. The molecule has 64 valence electrons. The summed E-state index contributed by atoms with van der Waals surface area (Å²) < 4.78 is 0. The molecule has 11 heavy (non-hydrogen) atoms. The minimum atomic E-state index is -0.216. The van der Waals surface area contributed by atoms with Crippen molar-refractivity contribution in [3.05, 3.63) is 0 Å². The van der Waals surface area contributed by atoms with Crippen molar-refractivity contribution >= 4 is 22.9 Å². The maximum Gasteiger partial charge on any atom is 0.286 e. The second kappa shape index (κ2) is 5.18.